The molecular formula is C10H13O3. The number of ether oxygens (including phenoxy) is 3. The second-order valence-electron chi connectivity index (χ2n) is 2.42. The van der Waals surface area contributed by atoms with Gasteiger partial charge in [-0.1, -0.05) is 6.07 Å². The smallest absolute Gasteiger partial charge is 0.161 e. The van der Waals surface area contributed by atoms with Crippen molar-refractivity contribution in [3.63, 3.8) is 0 Å². The Morgan fingerprint density at radius 2 is 2.08 bits per heavy atom. The van der Waals surface area contributed by atoms with Crippen LogP contribution in [0.2, 0.25) is 0 Å². The molecule has 0 saturated heterocycles. The van der Waals surface area contributed by atoms with E-state index >= 15 is 0 Å². The van der Waals surface area contributed by atoms with Crippen LogP contribution in [0.1, 0.15) is 0 Å². The van der Waals surface area contributed by atoms with Gasteiger partial charge in [0, 0.05) is 7.11 Å². The van der Waals surface area contributed by atoms with Crippen LogP contribution in [-0.4, -0.2) is 27.4 Å². The van der Waals surface area contributed by atoms with Crippen LogP contribution in [0, 0.1) is 6.07 Å². The van der Waals surface area contributed by atoms with Gasteiger partial charge in [-0.2, -0.15) is 0 Å². The van der Waals surface area contributed by atoms with Gasteiger partial charge in [-0.15, -0.1) is 0 Å². The Balaban J connectivity index is 2.54. The number of rotatable bonds is 5. The molecule has 0 saturated carbocycles. The predicted octanol–water partition coefficient (Wildman–Crippen LogP) is 1.52. The summed E-state index contributed by atoms with van der Waals surface area (Å²) in [5.41, 5.74) is 0. The van der Waals surface area contributed by atoms with Crippen LogP contribution < -0.4 is 9.47 Å². The molecular weight excluding hydrogens is 168 g/mol. The van der Waals surface area contributed by atoms with Crippen molar-refractivity contribution in [2.45, 2.75) is 0 Å². The van der Waals surface area contributed by atoms with Gasteiger partial charge in [0.2, 0.25) is 0 Å². The van der Waals surface area contributed by atoms with Gasteiger partial charge in [-0.25, -0.2) is 0 Å². The van der Waals surface area contributed by atoms with E-state index in [-0.39, 0.29) is 0 Å². The Hall–Kier alpha value is -1.22. The molecule has 0 aliphatic carbocycles. The largest absolute Gasteiger partial charge is 0.493 e. The summed E-state index contributed by atoms with van der Waals surface area (Å²) >= 11 is 0. The molecule has 0 aromatic heterocycles. The van der Waals surface area contributed by atoms with Gasteiger partial charge in [0.25, 0.3) is 0 Å². The second kappa shape index (κ2) is 5.43. The van der Waals surface area contributed by atoms with E-state index in [1.807, 2.05) is 6.07 Å². The highest BCUT2D eigenvalue weighted by Gasteiger charge is 2.00. The Bertz CT molecular complexity index is 248. The molecule has 71 valence electrons. The lowest BCUT2D eigenvalue weighted by Gasteiger charge is -2.08. The molecule has 0 amide bonds. The third-order valence-corrected chi connectivity index (χ3v) is 1.55. The minimum atomic E-state index is 0.525. The molecule has 0 unspecified atom stereocenters. The van der Waals surface area contributed by atoms with E-state index in [4.69, 9.17) is 14.2 Å². The first-order valence-corrected chi connectivity index (χ1v) is 4.04. The zero-order valence-electron chi connectivity index (χ0n) is 7.87. The molecule has 0 aliphatic heterocycles. The Labute approximate surface area is 78.2 Å². The van der Waals surface area contributed by atoms with Crippen LogP contribution in [0.25, 0.3) is 0 Å². The minimum absolute atomic E-state index is 0.525. The quantitative estimate of drug-likeness (QED) is 0.644. The highest BCUT2D eigenvalue weighted by molar-refractivity contribution is 5.38. The van der Waals surface area contributed by atoms with E-state index < -0.39 is 0 Å². The molecule has 0 spiro atoms. The first-order valence-electron chi connectivity index (χ1n) is 4.04. The van der Waals surface area contributed by atoms with Gasteiger partial charge >= 0.3 is 0 Å². The van der Waals surface area contributed by atoms with E-state index in [1.165, 1.54) is 0 Å². The third-order valence-electron chi connectivity index (χ3n) is 1.55. The molecule has 0 heterocycles. The lowest BCUT2D eigenvalue weighted by atomic mass is 10.3. The molecule has 1 radical (unpaired) electrons. The third kappa shape index (κ3) is 2.95. The van der Waals surface area contributed by atoms with Crippen molar-refractivity contribution in [1.82, 2.24) is 0 Å². The first-order chi connectivity index (χ1) is 6.38. The van der Waals surface area contributed by atoms with Crippen molar-refractivity contribution in [2.24, 2.45) is 0 Å². The summed E-state index contributed by atoms with van der Waals surface area (Å²) in [6.07, 6.45) is 0. The SMILES string of the molecule is COCCOc1cc[c]cc1OC. The Morgan fingerprint density at radius 1 is 1.23 bits per heavy atom. The number of hydrogen-bond donors (Lipinski definition) is 0. The number of methoxy groups -OCH3 is 2. The minimum Gasteiger partial charge on any atom is -0.493 e. The fraction of sp³-hybridized carbons (Fsp3) is 0.400. The van der Waals surface area contributed by atoms with Crippen LogP contribution in [0.5, 0.6) is 11.5 Å². The average molecular weight is 181 g/mol. The van der Waals surface area contributed by atoms with E-state index in [1.54, 1.807) is 26.4 Å². The summed E-state index contributed by atoms with van der Waals surface area (Å²) in [7, 11) is 3.24. The van der Waals surface area contributed by atoms with Crippen molar-refractivity contribution < 1.29 is 14.2 Å². The lowest BCUT2D eigenvalue weighted by Crippen LogP contribution is -2.04. The maximum Gasteiger partial charge on any atom is 0.161 e. The zero-order chi connectivity index (χ0) is 9.52. The summed E-state index contributed by atoms with van der Waals surface area (Å²) in [4.78, 5) is 0. The van der Waals surface area contributed by atoms with Crippen LogP contribution in [0.3, 0.4) is 0 Å². The van der Waals surface area contributed by atoms with Crippen molar-refractivity contribution >= 4 is 0 Å². The van der Waals surface area contributed by atoms with Gasteiger partial charge in [-0.05, 0) is 18.2 Å². The highest BCUT2D eigenvalue weighted by atomic mass is 16.5. The van der Waals surface area contributed by atoms with Crippen LogP contribution in [0.4, 0.5) is 0 Å². The van der Waals surface area contributed by atoms with Gasteiger partial charge in [-0.3, -0.25) is 0 Å². The zero-order valence-corrected chi connectivity index (χ0v) is 7.87. The van der Waals surface area contributed by atoms with E-state index in [0.717, 1.165) is 5.75 Å². The fourth-order valence-corrected chi connectivity index (χ4v) is 0.915. The van der Waals surface area contributed by atoms with Crippen molar-refractivity contribution in [3.05, 3.63) is 24.3 Å². The maximum atomic E-state index is 5.40. The molecule has 3 nitrogen and oxygen atoms in total. The Morgan fingerprint density at radius 3 is 2.77 bits per heavy atom. The van der Waals surface area contributed by atoms with Gasteiger partial charge in [0.1, 0.15) is 6.61 Å². The van der Waals surface area contributed by atoms with Gasteiger partial charge in [0.05, 0.1) is 13.7 Å². The first kappa shape index (κ1) is 9.86. The highest BCUT2D eigenvalue weighted by Crippen LogP contribution is 2.25. The summed E-state index contributed by atoms with van der Waals surface area (Å²) in [5, 5.41) is 0. The summed E-state index contributed by atoms with van der Waals surface area (Å²) in [5.74, 6) is 1.41. The summed E-state index contributed by atoms with van der Waals surface area (Å²) in [6, 6.07) is 8.24. The van der Waals surface area contributed by atoms with Crippen molar-refractivity contribution in [3.8, 4) is 11.5 Å². The van der Waals surface area contributed by atoms with Crippen molar-refractivity contribution in [2.75, 3.05) is 27.4 Å². The normalized spacial score (nSPS) is 9.69. The standard InChI is InChI=1S/C10H13O3/c1-11-7-8-13-10-6-4-3-5-9(10)12-2/h4-6H,7-8H2,1-2H3. The maximum absolute atomic E-state index is 5.40. The van der Waals surface area contributed by atoms with Crippen LogP contribution in [-0.2, 0) is 4.74 Å². The van der Waals surface area contributed by atoms with Gasteiger partial charge < -0.3 is 14.2 Å². The predicted molar refractivity (Wildman–Crippen MR) is 49.2 cm³/mol. The van der Waals surface area contributed by atoms with E-state index in [2.05, 4.69) is 6.07 Å². The molecule has 0 bridgehead atoms. The molecule has 1 rings (SSSR count). The molecule has 0 fully saturated rings. The van der Waals surface area contributed by atoms with Gasteiger partial charge in [0.15, 0.2) is 11.5 Å². The molecule has 0 N–H and O–H groups in total. The number of hydrogen-bond acceptors (Lipinski definition) is 3. The summed E-state index contributed by atoms with van der Waals surface area (Å²) < 4.78 is 15.3. The second-order valence-corrected chi connectivity index (χ2v) is 2.42. The van der Waals surface area contributed by atoms with E-state index in [9.17, 15) is 0 Å². The molecule has 0 aliphatic rings. The monoisotopic (exact) mass is 181 g/mol. The average Bonchev–Trinajstić information content (AvgIpc) is 2.19. The molecule has 3 heteroatoms. The molecule has 13 heavy (non-hydrogen) atoms. The van der Waals surface area contributed by atoms with Crippen LogP contribution >= 0.6 is 0 Å². The van der Waals surface area contributed by atoms with E-state index in [0.29, 0.717) is 19.0 Å². The fourth-order valence-electron chi connectivity index (χ4n) is 0.915. The van der Waals surface area contributed by atoms with Crippen LogP contribution in [0.15, 0.2) is 18.2 Å². The molecule has 1 aromatic rings. The summed E-state index contributed by atoms with van der Waals surface area (Å²) in [6.45, 7) is 1.10. The lowest BCUT2D eigenvalue weighted by molar-refractivity contribution is 0.144. The number of benzene rings is 1. The molecule has 0 atom stereocenters. The van der Waals surface area contributed by atoms with Crippen molar-refractivity contribution in [1.29, 1.82) is 0 Å². The topological polar surface area (TPSA) is 27.7 Å². The molecule has 1 aromatic carbocycles. The Kier molecular flexibility index (Phi) is 4.12.